The molecular weight excluding hydrogens is 264 g/mol. The summed E-state index contributed by atoms with van der Waals surface area (Å²) in [7, 11) is 0. The maximum absolute atomic E-state index is 11.5. The lowest BCUT2D eigenvalue weighted by Crippen LogP contribution is -2.42. The van der Waals surface area contributed by atoms with Crippen LogP contribution < -0.4 is 0 Å². The number of aliphatic carboxylic acids is 2. The van der Waals surface area contributed by atoms with Crippen LogP contribution in [0, 0.1) is 23.7 Å². The van der Waals surface area contributed by atoms with E-state index in [0.717, 1.165) is 0 Å². The van der Waals surface area contributed by atoms with E-state index in [1.807, 2.05) is 0 Å². The van der Waals surface area contributed by atoms with E-state index < -0.39 is 23.8 Å². The second-order valence-corrected chi connectivity index (χ2v) is 6.18. The minimum Gasteiger partial charge on any atom is -0.481 e. The molecule has 0 amide bonds. The highest BCUT2D eigenvalue weighted by Crippen LogP contribution is 2.46. The second-order valence-electron chi connectivity index (χ2n) is 6.18. The summed E-state index contributed by atoms with van der Waals surface area (Å²) >= 11 is 0. The lowest BCUT2D eigenvalue weighted by molar-refractivity contribution is -0.155. The Hall–Kier alpha value is -1.14. The molecule has 3 fully saturated rings. The van der Waals surface area contributed by atoms with E-state index in [1.165, 1.54) is 0 Å². The molecule has 6 atom stereocenters. The number of ether oxygens (including phenoxy) is 2. The van der Waals surface area contributed by atoms with Crippen molar-refractivity contribution in [3.05, 3.63) is 0 Å². The first-order valence-electron chi connectivity index (χ1n) is 7.25. The zero-order valence-electron chi connectivity index (χ0n) is 11.2. The van der Waals surface area contributed by atoms with Crippen LogP contribution in [-0.2, 0) is 19.1 Å². The Bertz CT molecular complexity index is 362. The molecule has 6 heteroatoms. The molecule has 0 aromatic heterocycles. The van der Waals surface area contributed by atoms with Crippen molar-refractivity contribution >= 4 is 11.9 Å². The van der Waals surface area contributed by atoms with Gasteiger partial charge in [-0.25, -0.2) is 0 Å². The molecule has 2 N–H and O–H groups in total. The van der Waals surface area contributed by atoms with Gasteiger partial charge in [0.25, 0.3) is 0 Å². The lowest BCUT2D eigenvalue weighted by Gasteiger charge is -2.39. The number of rotatable bonds is 6. The Kier molecular flexibility index (Phi) is 3.69. The summed E-state index contributed by atoms with van der Waals surface area (Å²) in [6, 6.07) is 0. The maximum Gasteiger partial charge on any atom is 0.306 e. The van der Waals surface area contributed by atoms with Gasteiger partial charge in [-0.05, 0) is 37.5 Å². The standard InChI is InChI=1S/C14H20O6/c15-13(16)9-1-2-10(14(17)18)12(4-8-6-20-8)11(9)3-7-5-19-7/h7-12H,1-6H2,(H,15,16)(H,17,18). The SMILES string of the molecule is O=C(O)C1CCC(C(=O)O)C(CC2CO2)C1CC1CO1. The molecule has 0 aromatic carbocycles. The maximum atomic E-state index is 11.5. The molecule has 6 unspecified atom stereocenters. The summed E-state index contributed by atoms with van der Waals surface area (Å²) in [6.45, 7) is 1.35. The van der Waals surface area contributed by atoms with Gasteiger partial charge in [0, 0.05) is 0 Å². The highest BCUT2D eigenvalue weighted by atomic mass is 16.6. The van der Waals surface area contributed by atoms with Gasteiger partial charge in [-0.2, -0.15) is 0 Å². The number of carbonyl (C=O) groups is 2. The van der Waals surface area contributed by atoms with Crippen molar-refractivity contribution in [2.75, 3.05) is 13.2 Å². The number of carboxylic acids is 2. The Morgan fingerprint density at radius 2 is 1.20 bits per heavy atom. The Morgan fingerprint density at radius 1 is 0.850 bits per heavy atom. The van der Waals surface area contributed by atoms with Crippen LogP contribution in [0.3, 0.4) is 0 Å². The van der Waals surface area contributed by atoms with Gasteiger partial charge in [-0.15, -0.1) is 0 Å². The van der Waals surface area contributed by atoms with Gasteiger partial charge in [0.1, 0.15) is 0 Å². The molecule has 0 aromatic rings. The first kappa shape index (κ1) is 13.8. The summed E-state index contributed by atoms with van der Waals surface area (Å²) in [5, 5.41) is 18.8. The highest BCUT2D eigenvalue weighted by molar-refractivity contribution is 5.73. The van der Waals surface area contributed by atoms with E-state index in [4.69, 9.17) is 9.47 Å². The van der Waals surface area contributed by atoms with E-state index in [1.54, 1.807) is 0 Å². The predicted octanol–water partition coefficient (Wildman–Crippen LogP) is 0.992. The molecule has 3 rings (SSSR count). The van der Waals surface area contributed by atoms with E-state index in [-0.39, 0.29) is 24.0 Å². The lowest BCUT2D eigenvalue weighted by atomic mass is 9.63. The summed E-state index contributed by atoms with van der Waals surface area (Å²) in [5.74, 6) is -2.72. The largest absolute Gasteiger partial charge is 0.481 e. The van der Waals surface area contributed by atoms with E-state index in [0.29, 0.717) is 38.9 Å². The van der Waals surface area contributed by atoms with Crippen molar-refractivity contribution in [3.8, 4) is 0 Å². The molecule has 2 saturated heterocycles. The van der Waals surface area contributed by atoms with Crippen molar-refractivity contribution < 1.29 is 29.3 Å². The monoisotopic (exact) mass is 284 g/mol. The normalized spacial score (nSPS) is 43.0. The van der Waals surface area contributed by atoms with Crippen LogP contribution >= 0.6 is 0 Å². The van der Waals surface area contributed by atoms with Gasteiger partial charge in [-0.1, -0.05) is 0 Å². The third kappa shape index (κ3) is 2.96. The molecule has 0 radical (unpaired) electrons. The topological polar surface area (TPSA) is 99.7 Å². The summed E-state index contributed by atoms with van der Waals surface area (Å²) in [6.07, 6.45) is 2.47. The Labute approximate surface area is 117 Å². The number of carboxylic acid groups (broad SMARTS) is 2. The minimum atomic E-state index is -0.804. The van der Waals surface area contributed by atoms with E-state index in [2.05, 4.69) is 0 Å². The fraction of sp³-hybridized carbons (Fsp3) is 0.857. The zero-order valence-corrected chi connectivity index (χ0v) is 11.2. The van der Waals surface area contributed by atoms with Crippen molar-refractivity contribution in [3.63, 3.8) is 0 Å². The number of epoxide rings is 2. The quantitative estimate of drug-likeness (QED) is 0.706. The van der Waals surface area contributed by atoms with Gasteiger partial charge >= 0.3 is 11.9 Å². The van der Waals surface area contributed by atoms with Gasteiger partial charge in [-0.3, -0.25) is 9.59 Å². The molecule has 3 aliphatic rings. The van der Waals surface area contributed by atoms with Crippen molar-refractivity contribution in [1.82, 2.24) is 0 Å². The summed E-state index contributed by atoms with van der Waals surface area (Å²) < 4.78 is 10.5. The molecule has 1 aliphatic carbocycles. The highest BCUT2D eigenvalue weighted by Gasteiger charge is 2.48. The summed E-state index contributed by atoms with van der Waals surface area (Å²) in [5.41, 5.74) is 0. The van der Waals surface area contributed by atoms with Crippen molar-refractivity contribution in [2.24, 2.45) is 23.7 Å². The van der Waals surface area contributed by atoms with Gasteiger partial charge in [0.2, 0.25) is 0 Å². The number of hydrogen-bond acceptors (Lipinski definition) is 4. The zero-order chi connectivity index (χ0) is 14.3. The molecule has 112 valence electrons. The Morgan fingerprint density at radius 3 is 1.45 bits per heavy atom. The predicted molar refractivity (Wildman–Crippen MR) is 67.2 cm³/mol. The van der Waals surface area contributed by atoms with Crippen LogP contribution in [-0.4, -0.2) is 47.6 Å². The molecule has 0 bridgehead atoms. The average molecular weight is 284 g/mol. The first-order chi connectivity index (χ1) is 9.56. The van der Waals surface area contributed by atoms with Crippen LogP contribution in [0.15, 0.2) is 0 Å². The van der Waals surface area contributed by atoms with Crippen LogP contribution in [0.5, 0.6) is 0 Å². The molecule has 20 heavy (non-hydrogen) atoms. The summed E-state index contributed by atoms with van der Waals surface area (Å²) in [4.78, 5) is 22.9. The van der Waals surface area contributed by atoms with Gasteiger partial charge in [0.05, 0.1) is 37.3 Å². The van der Waals surface area contributed by atoms with Gasteiger partial charge in [0.15, 0.2) is 0 Å². The average Bonchev–Trinajstić information content (AvgIpc) is 3.24. The van der Waals surface area contributed by atoms with Crippen LogP contribution in [0.2, 0.25) is 0 Å². The van der Waals surface area contributed by atoms with Crippen LogP contribution in [0.25, 0.3) is 0 Å². The second kappa shape index (κ2) is 5.33. The van der Waals surface area contributed by atoms with Crippen molar-refractivity contribution in [2.45, 2.75) is 37.9 Å². The van der Waals surface area contributed by atoms with Crippen LogP contribution in [0.4, 0.5) is 0 Å². The van der Waals surface area contributed by atoms with Crippen molar-refractivity contribution in [1.29, 1.82) is 0 Å². The smallest absolute Gasteiger partial charge is 0.306 e. The third-order valence-electron chi connectivity index (χ3n) is 4.88. The number of hydrogen-bond donors (Lipinski definition) is 2. The molecule has 6 nitrogen and oxygen atoms in total. The molecule has 0 spiro atoms. The van der Waals surface area contributed by atoms with Gasteiger partial charge < -0.3 is 19.7 Å². The molecule has 2 aliphatic heterocycles. The van der Waals surface area contributed by atoms with Crippen LogP contribution in [0.1, 0.15) is 25.7 Å². The first-order valence-corrected chi connectivity index (χ1v) is 7.25. The fourth-order valence-corrected chi connectivity index (χ4v) is 3.69. The van der Waals surface area contributed by atoms with E-state index in [9.17, 15) is 19.8 Å². The fourth-order valence-electron chi connectivity index (χ4n) is 3.69. The molecule has 1 saturated carbocycles. The minimum absolute atomic E-state index is 0.112. The molecular formula is C14H20O6. The van der Waals surface area contributed by atoms with E-state index >= 15 is 0 Å². The molecule has 2 heterocycles. The Balaban J connectivity index is 1.79. The third-order valence-corrected chi connectivity index (χ3v) is 4.88.